The summed E-state index contributed by atoms with van der Waals surface area (Å²) >= 11 is 0. The monoisotopic (exact) mass is 320 g/mol. The van der Waals surface area contributed by atoms with Crippen LogP contribution in [0, 0.1) is 19.3 Å². The van der Waals surface area contributed by atoms with Crippen molar-refractivity contribution < 1.29 is 65.4 Å². The molecule has 0 spiro atoms. The summed E-state index contributed by atoms with van der Waals surface area (Å²) in [5, 5.41) is 0. The summed E-state index contributed by atoms with van der Waals surface area (Å²) in [5.41, 5.74) is 0. The number of unbranched alkanes of at least 4 members (excludes halogenated alkanes) is 1. The fourth-order valence-electron chi connectivity index (χ4n) is 0.553. The molecule has 0 saturated heterocycles. The van der Waals surface area contributed by atoms with E-state index in [9.17, 15) is 0 Å². The Morgan fingerprint density at radius 2 is 1.50 bits per heavy atom. The van der Waals surface area contributed by atoms with Crippen molar-refractivity contribution in [3.05, 3.63) is 13.3 Å². The summed E-state index contributed by atoms with van der Waals surface area (Å²) in [6, 6.07) is 0. The van der Waals surface area contributed by atoms with Crippen molar-refractivity contribution in [2.24, 2.45) is 5.92 Å². The Balaban J connectivity index is -0.0000000569. The molecule has 70 valence electrons. The summed E-state index contributed by atoms with van der Waals surface area (Å²) in [6.07, 6.45) is 5.72. The van der Waals surface area contributed by atoms with E-state index in [-0.39, 0.29) is 65.4 Å². The van der Waals surface area contributed by atoms with Crippen LogP contribution in [0.5, 0.6) is 0 Å². The van der Waals surface area contributed by atoms with Gasteiger partial charge in [-0.15, -0.1) is 0 Å². The third-order valence-corrected chi connectivity index (χ3v) is 1.03. The Bertz CT molecular complexity index is 45.1. The standard InChI is InChI=1S/C7H15.C3H7.2Y/c1-4-5-6-7(2)3;1-3-2;;/h7H,1,4-6H2,2-3H3;3H,1-2H3;;/q2*-1;;. The molecule has 0 aromatic carbocycles. The molecule has 0 saturated carbocycles. The zero-order valence-corrected chi connectivity index (χ0v) is 14.8. The molecular formula is C10H22Y2-2. The van der Waals surface area contributed by atoms with E-state index in [0.29, 0.717) is 0 Å². The maximum Gasteiger partial charge on any atom is 0 e. The summed E-state index contributed by atoms with van der Waals surface area (Å²) < 4.78 is 0. The van der Waals surface area contributed by atoms with E-state index in [4.69, 9.17) is 0 Å². The first-order valence-corrected chi connectivity index (χ1v) is 4.22. The van der Waals surface area contributed by atoms with Crippen molar-refractivity contribution >= 4 is 0 Å². The quantitative estimate of drug-likeness (QED) is 0.693. The van der Waals surface area contributed by atoms with Gasteiger partial charge in [-0.3, -0.25) is 0 Å². The molecule has 0 aliphatic carbocycles. The van der Waals surface area contributed by atoms with Gasteiger partial charge in [-0.05, 0) is 5.92 Å². The molecule has 0 amide bonds. The fraction of sp³-hybridized carbons (Fsp3) is 0.800. The Labute approximate surface area is 130 Å². The molecule has 2 radical (unpaired) electrons. The summed E-state index contributed by atoms with van der Waals surface area (Å²) in [7, 11) is 0. The van der Waals surface area contributed by atoms with Gasteiger partial charge in [0.05, 0.1) is 0 Å². The molecule has 0 bridgehead atoms. The van der Waals surface area contributed by atoms with Gasteiger partial charge in [0.25, 0.3) is 0 Å². The average Bonchev–Trinajstić information content (AvgIpc) is 1.85. The van der Waals surface area contributed by atoms with Gasteiger partial charge in [0.15, 0.2) is 0 Å². The van der Waals surface area contributed by atoms with Crippen molar-refractivity contribution in [3.63, 3.8) is 0 Å². The third kappa shape index (κ3) is 39.8. The minimum atomic E-state index is 0. The van der Waals surface area contributed by atoms with Gasteiger partial charge in [-0.25, -0.2) is 0 Å². The predicted molar refractivity (Wildman–Crippen MR) is 49.7 cm³/mol. The van der Waals surface area contributed by atoms with Crippen molar-refractivity contribution in [2.75, 3.05) is 0 Å². The normalized spacial score (nSPS) is 7.50. The minimum Gasteiger partial charge on any atom is -0.343 e. The van der Waals surface area contributed by atoms with Crippen LogP contribution in [-0.4, -0.2) is 0 Å². The van der Waals surface area contributed by atoms with Gasteiger partial charge >= 0.3 is 0 Å². The van der Waals surface area contributed by atoms with E-state index >= 15 is 0 Å². The van der Waals surface area contributed by atoms with Crippen molar-refractivity contribution in [3.8, 4) is 0 Å². The van der Waals surface area contributed by atoms with E-state index in [2.05, 4.69) is 20.8 Å². The van der Waals surface area contributed by atoms with E-state index in [1.165, 1.54) is 12.8 Å². The first-order valence-electron chi connectivity index (χ1n) is 4.22. The number of rotatable bonds is 3. The Kier molecular flexibility index (Phi) is 46.0. The maximum absolute atomic E-state index is 3.76. The molecule has 0 heterocycles. The molecule has 0 N–H and O–H groups in total. The van der Waals surface area contributed by atoms with Crippen LogP contribution >= 0.6 is 0 Å². The topological polar surface area (TPSA) is 0 Å². The van der Waals surface area contributed by atoms with E-state index in [1.807, 2.05) is 20.3 Å². The fourth-order valence-corrected chi connectivity index (χ4v) is 0.553. The molecule has 2 heteroatoms. The van der Waals surface area contributed by atoms with Crippen LogP contribution in [0.1, 0.15) is 47.0 Å². The molecule has 0 fully saturated rings. The molecule has 12 heavy (non-hydrogen) atoms. The molecule has 0 aliphatic rings. The zero-order valence-electron chi connectivity index (χ0n) is 9.14. The molecule has 0 aromatic heterocycles. The molecule has 0 aromatic rings. The first-order chi connectivity index (χ1) is 4.68. The molecule has 0 aliphatic heterocycles. The van der Waals surface area contributed by atoms with E-state index in [0.717, 1.165) is 12.3 Å². The van der Waals surface area contributed by atoms with Crippen LogP contribution in [0.25, 0.3) is 0 Å². The van der Waals surface area contributed by atoms with Gasteiger partial charge < -0.3 is 13.3 Å². The summed E-state index contributed by atoms with van der Waals surface area (Å²) in [4.78, 5) is 0. The van der Waals surface area contributed by atoms with Crippen LogP contribution < -0.4 is 0 Å². The largest absolute Gasteiger partial charge is 0.343 e. The van der Waals surface area contributed by atoms with Crippen LogP contribution in [-0.2, 0) is 65.4 Å². The average molecular weight is 320 g/mol. The zero-order chi connectivity index (χ0) is 8.41. The summed E-state index contributed by atoms with van der Waals surface area (Å²) in [5.74, 6) is 0.863. The summed E-state index contributed by atoms with van der Waals surface area (Å²) in [6.45, 7) is 12.2. The van der Waals surface area contributed by atoms with Gasteiger partial charge in [-0.2, -0.15) is 20.3 Å². The van der Waals surface area contributed by atoms with Crippen LogP contribution in [0.15, 0.2) is 0 Å². The van der Waals surface area contributed by atoms with Crippen molar-refractivity contribution in [2.45, 2.75) is 47.0 Å². The molecule has 0 unspecified atom stereocenters. The SMILES string of the molecule is C[CH-]C.[CH2-]CCCC(C)C.[Y].[Y]. The number of hydrogen-bond acceptors (Lipinski definition) is 0. The smallest absolute Gasteiger partial charge is 0 e. The Morgan fingerprint density at radius 3 is 1.58 bits per heavy atom. The van der Waals surface area contributed by atoms with Gasteiger partial charge in [0.2, 0.25) is 0 Å². The molecule has 0 nitrogen and oxygen atoms in total. The van der Waals surface area contributed by atoms with Crippen LogP contribution in [0.2, 0.25) is 0 Å². The van der Waals surface area contributed by atoms with Gasteiger partial charge in [-0.1, -0.05) is 26.7 Å². The first kappa shape index (κ1) is 23.8. The molecule has 0 rings (SSSR count). The van der Waals surface area contributed by atoms with Crippen molar-refractivity contribution in [1.29, 1.82) is 0 Å². The predicted octanol–water partition coefficient (Wildman–Crippen LogP) is 3.87. The second-order valence-corrected chi connectivity index (χ2v) is 2.97. The van der Waals surface area contributed by atoms with Crippen LogP contribution in [0.4, 0.5) is 0 Å². The van der Waals surface area contributed by atoms with Crippen LogP contribution in [0.3, 0.4) is 0 Å². The molecule has 0 atom stereocenters. The third-order valence-electron chi connectivity index (χ3n) is 1.03. The van der Waals surface area contributed by atoms with E-state index < -0.39 is 0 Å². The van der Waals surface area contributed by atoms with Gasteiger partial charge in [0, 0.05) is 65.4 Å². The Hall–Kier alpha value is 2.21. The number of hydrogen-bond donors (Lipinski definition) is 0. The second kappa shape index (κ2) is 23.2. The second-order valence-electron chi connectivity index (χ2n) is 2.97. The Morgan fingerprint density at radius 1 is 1.17 bits per heavy atom. The van der Waals surface area contributed by atoms with E-state index in [1.54, 1.807) is 0 Å². The van der Waals surface area contributed by atoms with Crippen molar-refractivity contribution in [1.82, 2.24) is 0 Å². The molecular weight excluding hydrogens is 298 g/mol. The van der Waals surface area contributed by atoms with Gasteiger partial charge in [0.1, 0.15) is 0 Å². The maximum atomic E-state index is 3.76. The minimum absolute atomic E-state index is 0.